The molecule has 0 aliphatic rings. The van der Waals surface area contributed by atoms with Crippen molar-refractivity contribution in [2.24, 2.45) is 0 Å². The van der Waals surface area contributed by atoms with E-state index in [1.807, 2.05) is 0 Å². The Hall–Kier alpha value is 0.200. The van der Waals surface area contributed by atoms with Gasteiger partial charge in [0.1, 0.15) is 0 Å². The van der Waals surface area contributed by atoms with Crippen LogP contribution in [0.3, 0.4) is 0 Å². The molecule has 0 bridgehead atoms. The number of hydrogen-bond acceptors (Lipinski definition) is 1. The quantitative estimate of drug-likeness (QED) is 0.412. The molecule has 0 rings (SSSR count). The molecule has 0 fully saturated rings. The molecule has 90 valence electrons. The number of nitrogens with one attached hydrogen (secondary N) is 1. The highest BCUT2D eigenvalue weighted by atomic mass is 127. The van der Waals surface area contributed by atoms with Crippen molar-refractivity contribution in [1.29, 1.82) is 0 Å². The first-order valence-corrected chi connectivity index (χ1v) is 7.41. The molecule has 0 aromatic carbocycles. The van der Waals surface area contributed by atoms with Crippen molar-refractivity contribution in [2.45, 2.75) is 64.8 Å². The van der Waals surface area contributed by atoms with Crippen molar-refractivity contribution < 1.29 is 4.79 Å². The van der Waals surface area contributed by atoms with E-state index in [0.29, 0.717) is 6.42 Å². The fourth-order valence-electron chi connectivity index (χ4n) is 1.26. The zero-order valence-electron chi connectivity index (χ0n) is 10.2. The van der Waals surface area contributed by atoms with Crippen LogP contribution in [0.15, 0.2) is 0 Å². The largest absolute Gasteiger partial charge is 0.351 e. The summed E-state index contributed by atoms with van der Waals surface area (Å²) in [5, 5.41) is 3.06. The van der Waals surface area contributed by atoms with Crippen molar-refractivity contribution in [2.75, 3.05) is 4.43 Å². The molecule has 0 atom stereocenters. The number of halogens is 1. The Labute approximate surface area is 108 Å². The van der Waals surface area contributed by atoms with Crippen LogP contribution in [0.5, 0.6) is 0 Å². The molecule has 1 amide bonds. The van der Waals surface area contributed by atoms with Crippen LogP contribution in [0.1, 0.15) is 59.3 Å². The lowest BCUT2D eigenvalue weighted by Gasteiger charge is -2.24. The van der Waals surface area contributed by atoms with Gasteiger partial charge in [-0.3, -0.25) is 4.79 Å². The van der Waals surface area contributed by atoms with Crippen LogP contribution in [0.4, 0.5) is 0 Å². The summed E-state index contributed by atoms with van der Waals surface area (Å²) in [5.41, 5.74) is -0.0424. The van der Waals surface area contributed by atoms with E-state index in [0.717, 1.165) is 12.8 Å². The minimum Gasteiger partial charge on any atom is -0.351 e. The third-order valence-electron chi connectivity index (χ3n) is 2.65. The van der Waals surface area contributed by atoms with E-state index >= 15 is 0 Å². The van der Waals surface area contributed by atoms with Gasteiger partial charge < -0.3 is 5.32 Å². The van der Waals surface area contributed by atoms with E-state index in [9.17, 15) is 4.79 Å². The molecule has 0 saturated heterocycles. The maximum Gasteiger partial charge on any atom is 0.220 e. The second-order valence-corrected chi connectivity index (χ2v) is 5.72. The van der Waals surface area contributed by atoms with Crippen LogP contribution < -0.4 is 5.32 Å². The van der Waals surface area contributed by atoms with E-state index in [-0.39, 0.29) is 11.4 Å². The minimum atomic E-state index is -0.0424. The fourth-order valence-corrected chi connectivity index (χ4v) is 1.80. The standard InChI is InChI=1S/C12H24INO/c1-4-12(2,3)14-11(15)9-7-5-6-8-10-13/h4-10H2,1-3H3,(H,14,15). The van der Waals surface area contributed by atoms with E-state index in [1.54, 1.807) is 0 Å². The molecule has 0 aromatic heterocycles. The third kappa shape index (κ3) is 9.15. The lowest BCUT2D eigenvalue weighted by atomic mass is 10.0. The summed E-state index contributed by atoms with van der Waals surface area (Å²) in [4.78, 5) is 11.5. The van der Waals surface area contributed by atoms with Crippen molar-refractivity contribution in [3.8, 4) is 0 Å². The van der Waals surface area contributed by atoms with Gasteiger partial charge in [0.25, 0.3) is 0 Å². The Bertz CT molecular complexity index is 180. The van der Waals surface area contributed by atoms with E-state index in [4.69, 9.17) is 0 Å². The Balaban J connectivity index is 3.49. The second-order valence-electron chi connectivity index (χ2n) is 4.64. The van der Waals surface area contributed by atoms with Gasteiger partial charge in [0.05, 0.1) is 0 Å². The van der Waals surface area contributed by atoms with Gasteiger partial charge >= 0.3 is 0 Å². The molecule has 0 aliphatic heterocycles. The van der Waals surface area contributed by atoms with Crippen molar-refractivity contribution >= 4 is 28.5 Å². The minimum absolute atomic E-state index is 0.0424. The lowest BCUT2D eigenvalue weighted by molar-refractivity contribution is -0.122. The van der Waals surface area contributed by atoms with E-state index in [1.165, 1.54) is 23.7 Å². The van der Waals surface area contributed by atoms with Gasteiger partial charge in [-0.05, 0) is 37.5 Å². The predicted molar refractivity (Wildman–Crippen MR) is 74.5 cm³/mol. The fraction of sp³-hybridized carbons (Fsp3) is 0.917. The highest BCUT2D eigenvalue weighted by Gasteiger charge is 2.16. The molecule has 0 radical (unpaired) electrons. The molecule has 0 spiro atoms. The number of rotatable bonds is 8. The zero-order chi connectivity index (χ0) is 11.7. The topological polar surface area (TPSA) is 29.1 Å². The molecule has 2 nitrogen and oxygen atoms in total. The van der Waals surface area contributed by atoms with Crippen LogP contribution in [-0.4, -0.2) is 15.9 Å². The molecule has 0 aromatic rings. The first kappa shape index (κ1) is 15.2. The monoisotopic (exact) mass is 325 g/mol. The Morgan fingerprint density at radius 1 is 1.20 bits per heavy atom. The Kier molecular flexibility index (Phi) is 8.47. The molecular weight excluding hydrogens is 301 g/mol. The maximum atomic E-state index is 11.5. The summed E-state index contributed by atoms with van der Waals surface area (Å²) in [6.45, 7) is 6.24. The normalized spacial score (nSPS) is 11.5. The van der Waals surface area contributed by atoms with Crippen LogP contribution in [-0.2, 0) is 4.79 Å². The number of alkyl halides is 1. The molecule has 0 heterocycles. The summed E-state index contributed by atoms with van der Waals surface area (Å²) in [5.74, 6) is 0.205. The molecule has 3 heteroatoms. The summed E-state index contributed by atoms with van der Waals surface area (Å²) >= 11 is 2.40. The van der Waals surface area contributed by atoms with Crippen molar-refractivity contribution in [3.05, 3.63) is 0 Å². The van der Waals surface area contributed by atoms with Gasteiger partial charge in [0, 0.05) is 12.0 Å². The van der Waals surface area contributed by atoms with Gasteiger partial charge in [-0.1, -0.05) is 42.4 Å². The number of carbonyl (C=O) groups excluding carboxylic acids is 1. The van der Waals surface area contributed by atoms with E-state index < -0.39 is 0 Å². The molecule has 15 heavy (non-hydrogen) atoms. The summed E-state index contributed by atoms with van der Waals surface area (Å²) < 4.78 is 1.23. The predicted octanol–water partition coefficient (Wildman–Crippen LogP) is 3.68. The zero-order valence-corrected chi connectivity index (χ0v) is 12.4. The summed E-state index contributed by atoms with van der Waals surface area (Å²) in [6.07, 6.45) is 6.42. The Morgan fingerprint density at radius 3 is 2.33 bits per heavy atom. The van der Waals surface area contributed by atoms with Crippen LogP contribution in [0.2, 0.25) is 0 Å². The van der Waals surface area contributed by atoms with Gasteiger partial charge in [-0.25, -0.2) is 0 Å². The van der Waals surface area contributed by atoms with Gasteiger partial charge in [-0.15, -0.1) is 0 Å². The van der Waals surface area contributed by atoms with Crippen LogP contribution in [0.25, 0.3) is 0 Å². The molecule has 0 aliphatic carbocycles. The maximum absolute atomic E-state index is 11.5. The smallest absolute Gasteiger partial charge is 0.220 e. The first-order chi connectivity index (χ1) is 7.02. The van der Waals surface area contributed by atoms with E-state index in [2.05, 4.69) is 48.7 Å². The van der Waals surface area contributed by atoms with Gasteiger partial charge in [-0.2, -0.15) is 0 Å². The van der Waals surface area contributed by atoms with Gasteiger partial charge in [0.2, 0.25) is 5.91 Å². The average Bonchev–Trinajstić information content (AvgIpc) is 2.17. The van der Waals surface area contributed by atoms with Gasteiger partial charge in [0.15, 0.2) is 0 Å². The number of unbranched alkanes of at least 4 members (excludes halogenated alkanes) is 3. The highest BCUT2D eigenvalue weighted by Crippen LogP contribution is 2.09. The number of amides is 1. The lowest BCUT2D eigenvalue weighted by Crippen LogP contribution is -2.42. The number of hydrogen-bond donors (Lipinski definition) is 1. The summed E-state index contributed by atoms with van der Waals surface area (Å²) in [6, 6.07) is 0. The van der Waals surface area contributed by atoms with Crippen molar-refractivity contribution in [1.82, 2.24) is 5.32 Å². The van der Waals surface area contributed by atoms with Crippen LogP contribution >= 0.6 is 22.6 Å². The third-order valence-corrected chi connectivity index (χ3v) is 3.41. The summed E-state index contributed by atoms with van der Waals surface area (Å²) in [7, 11) is 0. The average molecular weight is 325 g/mol. The molecule has 0 saturated carbocycles. The SMILES string of the molecule is CCC(C)(C)NC(=O)CCCCCCI. The number of carbonyl (C=O) groups is 1. The second kappa shape index (κ2) is 8.36. The van der Waals surface area contributed by atoms with Crippen LogP contribution in [0, 0.1) is 0 Å². The molecular formula is C12H24INO. The first-order valence-electron chi connectivity index (χ1n) is 5.89. The highest BCUT2D eigenvalue weighted by molar-refractivity contribution is 14.1. The van der Waals surface area contributed by atoms with Crippen molar-refractivity contribution in [3.63, 3.8) is 0 Å². The molecule has 0 unspecified atom stereocenters. The molecule has 1 N–H and O–H groups in total. The Morgan fingerprint density at radius 2 is 1.80 bits per heavy atom.